The van der Waals surface area contributed by atoms with Crippen LogP contribution in [0.2, 0.25) is 5.15 Å². The molecule has 20 heavy (non-hydrogen) atoms. The van der Waals surface area contributed by atoms with Crippen molar-refractivity contribution in [3.63, 3.8) is 0 Å². The minimum atomic E-state index is -1.19. The summed E-state index contributed by atoms with van der Waals surface area (Å²) in [6.45, 7) is 1.77. The number of aryl methyl sites for hydroxylation is 2. The molecule has 0 aliphatic rings. The van der Waals surface area contributed by atoms with E-state index in [1.807, 2.05) is 0 Å². The Kier molecular flexibility index (Phi) is 3.94. The molecule has 2 rings (SSSR count). The normalized spacial score (nSPS) is 10.6. The largest absolute Gasteiger partial charge is 0.488 e. The highest BCUT2D eigenvalue weighted by molar-refractivity contribution is 6.30. The van der Waals surface area contributed by atoms with E-state index in [1.54, 1.807) is 14.0 Å². The Bertz CT molecular complexity index is 670. The van der Waals surface area contributed by atoms with Crippen LogP contribution in [0.25, 0.3) is 0 Å². The lowest BCUT2D eigenvalue weighted by atomic mass is 10.2. The van der Waals surface area contributed by atoms with Crippen molar-refractivity contribution in [2.75, 3.05) is 0 Å². The molecule has 1 N–H and O–H groups in total. The van der Waals surface area contributed by atoms with Gasteiger partial charge in [0, 0.05) is 18.7 Å². The first-order valence-electron chi connectivity index (χ1n) is 5.73. The lowest BCUT2D eigenvalue weighted by Crippen LogP contribution is -2.04. The molecule has 0 fully saturated rings. The van der Waals surface area contributed by atoms with Crippen molar-refractivity contribution < 1.29 is 19.0 Å². The Labute approximate surface area is 119 Å². The molecule has 0 saturated heterocycles. The summed E-state index contributed by atoms with van der Waals surface area (Å²) in [5, 5.41) is 13.5. The zero-order chi connectivity index (χ0) is 14.9. The number of rotatable bonds is 4. The maximum Gasteiger partial charge on any atom is 0.339 e. The first-order chi connectivity index (χ1) is 9.40. The second-order valence-electron chi connectivity index (χ2n) is 4.21. The molecular weight excluding hydrogens is 287 g/mol. The zero-order valence-corrected chi connectivity index (χ0v) is 11.6. The summed E-state index contributed by atoms with van der Waals surface area (Å²) in [6, 6.07) is 3.26. The van der Waals surface area contributed by atoms with Crippen molar-refractivity contribution in [2.24, 2.45) is 7.05 Å². The van der Waals surface area contributed by atoms with Crippen molar-refractivity contribution in [3.05, 3.63) is 46.0 Å². The molecule has 0 radical (unpaired) electrons. The zero-order valence-electron chi connectivity index (χ0n) is 10.9. The Morgan fingerprint density at radius 1 is 1.55 bits per heavy atom. The van der Waals surface area contributed by atoms with E-state index in [9.17, 15) is 9.18 Å². The molecule has 0 aliphatic heterocycles. The summed E-state index contributed by atoms with van der Waals surface area (Å²) in [6.07, 6.45) is 0. The fourth-order valence-electron chi connectivity index (χ4n) is 1.78. The number of aromatic carboxylic acids is 1. The average molecular weight is 299 g/mol. The fraction of sp³-hybridized carbons (Fsp3) is 0.231. The van der Waals surface area contributed by atoms with Crippen LogP contribution in [0.5, 0.6) is 5.75 Å². The Morgan fingerprint density at radius 3 is 2.80 bits per heavy atom. The number of nitrogens with zero attached hydrogens (tertiary/aromatic N) is 2. The number of aromatic nitrogens is 2. The maximum absolute atomic E-state index is 13.2. The van der Waals surface area contributed by atoms with Gasteiger partial charge >= 0.3 is 5.97 Å². The van der Waals surface area contributed by atoms with Crippen molar-refractivity contribution in [1.29, 1.82) is 0 Å². The number of halogens is 2. The second kappa shape index (κ2) is 5.50. The van der Waals surface area contributed by atoms with Crippen molar-refractivity contribution in [3.8, 4) is 5.75 Å². The van der Waals surface area contributed by atoms with Crippen LogP contribution in [0.3, 0.4) is 0 Å². The first-order valence-corrected chi connectivity index (χ1v) is 6.11. The number of ether oxygens (including phenoxy) is 1. The molecular formula is C13H12ClFN2O3. The molecule has 0 amide bonds. The van der Waals surface area contributed by atoms with Gasteiger partial charge in [-0.2, -0.15) is 5.10 Å². The SMILES string of the molecule is Cc1nn(C)c(Cl)c1COc1cc(F)ccc1C(=O)O. The van der Waals surface area contributed by atoms with E-state index >= 15 is 0 Å². The lowest BCUT2D eigenvalue weighted by molar-refractivity contribution is 0.0691. The van der Waals surface area contributed by atoms with Crippen LogP contribution in [-0.2, 0) is 13.7 Å². The number of benzene rings is 1. The summed E-state index contributed by atoms with van der Waals surface area (Å²) in [5.41, 5.74) is 1.20. The van der Waals surface area contributed by atoms with Gasteiger partial charge in [-0.05, 0) is 19.1 Å². The van der Waals surface area contributed by atoms with Crippen LogP contribution in [-0.4, -0.2) is 20.9 Å². The van der Waals surface area contributed by atoms with Gasteiger partial charge in [0.2, 0.25) is 0 Å². The third-order valence-corrected chi connectivity index (χ3v) is 3.29. The summed E-state index contributed by atoms with van der Waals surface area (Å²) in [7, 11) is 1.68. The molecule has 0 saturated carbocycles. The van der Waals surface area contributed by atoms with E-state index in [1.165, 1.54) is 4.68 Å². The van der Waals surface area contributed by atoms with Crippen LogP contribution in [0.1, 0.15) is 21.6 Å². The monoisotopic (exact) mass is 298 g/mol. The van der Waals surface area contributed by atoms with Gasteiger partial charge < -0.3 is 9.84 Å². The molecule has 0 bridgehead atoms. The number of hydrogen-bond donors (Lipinski definition) is 1. The number of hydrogen-bond acceptors (Lipinski definition) is 3. The summed E-state index contributed by atoms with van der Waals surface area (Å²) >= 11 is 6.04. The van der Waals surface area contributed by atoms with E-state index in [0.717, 1.165) is 18.2 Å². The van der Waals surface area contributed by atoms with Gasteiger partial charge in [0.25, 0.3) is 0 Å². The summed E-state index contributed by atoms with van der Waals surface area (Å²) in [5.74, 6) is -1.80. The Morgan fingerprint density at radius 2 is 2.25 bits per heavy atom. The van der Waals surface area contributed by atoms with Crippen LogP contribution in [0, 0.1) is 12.7 Å². The van der Waals surface area contributed by atoms with Gasteiger partial charge in [0.05, 0.1) is 5.69 Å². The molecule has 5 nitrogen and oxygen atoms in total. The molecule has 2 aromatic rings. The molecule has 0 unspecified atom stereocenters. The molecule has 0 atom stereocenters. The van der Waals surface area contributed by atoms with Crippen LogP contribution >= 0.6 is 11.6 Å². The Hall–Kier alpha value is -2.08. The molecule has 1 heterocycles. The van der Waals surface area contributed by atoms with Gasteiger partial charge in [-0.1, -0.05) is 11.6 Å². The molecule has 1 aromatic carbocycles. The van der Waals surface area contributed by atoms with Gasteiger partial charge in [0.1, 0.15) is 28.9 Å². The third kappa shape index (κ3) is 2.75. The Balaban J connectivity index is 2.27. The predicted molar refractivity (Wildman–Crippen MR) is 70.6 cm³/mol. The number of carboxylic acid groups (broad SMARTS) is 1. The van der Waals surface area contributed by atoms with Crippen molar-refractivity contribution >= 4 is 17.6 Å². The smallest absolute Gasteiger partial charge is 0.339 e. The minimum Gasteiger partial charge on any atom is -0.488 e. The van der Waals surface area contributed by atoms with E-state index in [0.29, 0.717) is 16.4 Å². The van der Waals surface area contributed by atoms with E-state index in [2.05, 4.69) is 5.10 Å². The van der Waals surface area contributed by atoms with Gasteiger partial charge in [-0.3, -0.25) is 4.68 Å². The topological polar surface area (TPSA) is 64.4 Å². The highest BCUT2D eigenvalue weighted by Gasteiger charge is 2.16. The van der Waals surface area contributed by atoms with E-state index in [-0.39, 0.29) is 17.9 Å². The standard InChI is InChI=1S/C13H12ClFN2O3/c1-7-10(12(14)17(2)16-7)6-20-11-5-8(15)3-4-9(11)13(18)19/h3-5H,6H2,1-2H3,(H,18,19). The van der Waals surface area contributed by atoms with E-state index < -0.39 is 11.8 Å². The van der Waals surface area contributed by atoms with Gasteiger partial charge in [-0.15, -0.1) is 0 Å². The second-order valence-corrected chi connectivity index (χ2v) is 4.57. The highest BCUT2D eigenvalue weighted by atomic mass is 35.5. The van der Waals surface area contributed by atoms with Crippen molar-refractivity contribution in [1.82, 2.24) is 9.78 Å². The quantitative estimate of drug-likeness (QED) is 0.942. The van der Waals surface area contributed by atoms with Crippen LogP contribution < -0.4 is 4.74 Å². The third-order valence-electron chi connectivity index (χ3n) is 2.82. The minimum absolute atomic E-state index is 0.0161. The molecule has 7 heteroatoms. The fourth-order valence-corrected chi connectivity index (χ4v) is 2.01. The lowest BCUT2D eigenvalue weighted by Gasteiger charge is -2.09. The van der Waals surface area contributed by atoms with E-state index in [4.69, 9.17) is 21.4 Å². The average Bonchev–Trinajstić information content (AvgIpc) is 2.61. The summed E-state index contributed by atoms with van der Waals surface area (Å²) in [4.78, 5) is 11.0. The number of carboxylic acids is 1. The van der Waals surface area contributed by atoms with Gasteiger partial charge in [-0.25, -0.2) is 9.18 Å². The highest BCUT2D eigenvalue weighted by Crippen LogP contribution is 2.24. The molecule has 0 aliphatic carbocycles. The predicted octanol–water partition coefficient (Wildman–Crippen LogP) is 2.80. The van der Waals surface area contributed by atoms with Crippen LogP contribution in [0.15, 0.2) is 18.2 Å². The molecule has 1 aromatic heterocycles. The van der Waals surface area contributed by atoms with Crippen molar-refractivity contribution in [2.45, 2.75) is 13.5 Å². The van der Waals surface area contributed by atoms with Crippen LogP contribution in [0.4, 0.5) is 4.39 Å². The first kappa shape index (κ1) is 14.3. The maximum atomic E-state index is 13.2. The van der Waals surface area contributed by atoms with Gasteiger partial charge in [0.15, 0.2) is 0 Å². The molecule has 0 spiro atoms. The number of carbonyl (C=O) groups is 1. The summed E-state index contributed by atoms with van der Waals surface area (Å²) < 4.78 is 20.1. The molecule has 106 valence electrons.